The highest BCUT2D eigenvalue weighted by molar-refractivity contribution is 7.90. The molecule has 0 aromatic carbocycles. The van der Waals surface area contributed by atoms with Gasteiger partial charge in [-0.2, -0.15) is 0 Å². The van der Waals surface area contributed by atoms with Crippen LogP contribution in [0.1, 0.15) is 118 Å². The molecule has 0 radical (unpaired) electrons. The smallest absolute Gasteiger partial charge is 0.508 e. The molecule has 0 aliphatic rings. The Kier molecular flexibility index (Phi) is 81.2. The summed E-state index contributed by atoms with van der Waals surface area (Å²) in [4.78, 5) is 214. The zero-order valence-corrected chi connectivity index (χ0v) is 82.5. The van der Waals surface area contributed by atoms with E-state index in [4.69, 9.17) is 75.8 Å². The van der Waals surface area contributed by atoms with Gasteiger partial charge in [-0.3, -0.25) is 56.6 Å². The van der Waals surface area contributed by atoms with Crippen molar-refractivity contribution < 1.29 is 249 Å². The summed E-state index contributed by atoms with van der Waals surface area (Å²) in [5, 5.41) is 13.4. The van der Waals surface area contributed by atoms with Crippen LogP contribution in [0.15, 0.2) is 0 Å². The summed E-state index contributed by atoms with van der Waals surface area (Å²) in [7, 11) is -22.5. The molecule has 0 bridgehead atoms. The van der Waals surface area contributed by atoms with E-state index in [0.29, 0.717) is 0 Å². The van der Waals surface area contributed by atoms with Gasteiger partial charge in [0.05, 0.1) is 123 Å². The standard InChI is InChI=1S/2C18H33N2O13P.C18H32NO14P.C17H33N2O13PS.CH4/c1-13(2)32-18(24)20-5-7-27-9-10-28-17(23)19-6-8-30-34(25,26)31-12-16(33-15(4)22)11-29-14(3)21;1-13(2)20-18(24)29-10-8-27-7-9-28-17(23)19-5-6-31-34(25,26)32-12-16(33-15(4)22)11-30-14(3)21;1-13(2)32-18(23)28-10-8-26-7-9-27-17(22)19-5-6-30-34(24,25)31-12-16(33-15(4)21)11-29-14(3)20;1-13(2)34(25,26)19-6-7-27-9-10-28-17(22)18-5-8-30-33(23,24)31-12-16(32-15(4)21)11-29-14(3)20;/h2*13,16H,5-12H2,1-4H3,(H,19,23)(H,20,24)(H,25,26);13,16H,5-12H2,1-4H3,(H,19,22)(H,24,25);13,16,19H,5-12H2,1-4H3,(H,18,22)(H,23,24);1H4/p-4/t4*16-;/m1111./s1. The van der Waals surface area contributed by atoms with Gasteiger partial charge in [-0.15, -0.1) is 0 Å². The normalized spacial score (nSPS) is 13.5. The van der Waals surface area contributed by atoms with Crippen molar-refractivity contribution in [2.75, 3.05) is 211 Å². The lowest BCUT2D eigenvalue weighted by atomic mass is 10.4. The molecule has 0 rings (SSSR count). The Morgan fingerprint density at radius 2 is 0.496 bits per heavy atom. The topological polar surface area (TPSA) is 793 Å². The van der Waals surface area contributed by atoms with Gasteiger partial charge < -0.3 is 182 Å². The first-order valence-corrected chi connectivity index (χ1v) is 48.1. The molecule has 60 nitrogen and oxygen atoms in total. The van der Waals surface area contributed by atoms with Crippen molar-refractivity contribution in [3.63, 3.8) is 0 Å². The van der Waals surface area contributed by atoms with Crippen molar-refractivity contribution >= 4 is 132 Å². The average molecular weight is 2100 g/mol. The number of phosphoric ester groups is 4. The number of amides is 6. The van der Waals surface area contributed by atoms with Gasteiger partial charge in [-0.05, 0) is 55.4 Å². The summed E-state index contributed by atoms with van der Waals surface area (Å²) >= 11 is 0. The number of carbonyl (C=O) groups excluding carboxylic acids is 15. The fourth-order valence-corrected chi connectivity index (χ4v) is 11.2. The van der Waals surface area contributed by atoms with Gasteiger partial charge in [0.2, 0.25) is 10.0 Å². The molecule has 0 saturated heterocycles. The lowest BCUT2D eigenvalue weighted by Gasteiger charge is -2.25. The van der Waals surface area contributed by atoms with E-state index in [2.05, 4.69) is 91.8 Å². The highest BCUT2D eigenvalue weighted by Crippen LogP contribution is 2.41. The molecule has 137 heavy (non-hydrogen) atoms. The van der Waals surface area contributed by atoms with Crippen molar-refractivity contribution in [2.45, 2.75) is 166 Å². The van der Waals surface area contributed by atoms with Gasteiger partial charge in [-0.25, -0.2) is 46.7 Å². The number of ether oxygens (including phenoxy) is 20. The summed E-state index contributed by atoms with van der Waals surface area (Å²) < 4.78 is 205. The highest BCUT2D eigenvalue weighted by Gasteiger charge is 2.25. The van der Waals surface area contributed by atoms with Crippen LogP contribution in [0.5, 0.6) is 0 Å². The summed E-state index contributed by atoms with van der Waals surface area (Å²) in [6, 6.07) is -0.0442. The molecule has 0 aliphatic carbocycles. The average Bonchev–Trinajstić information content (AvgIpc) is 0.923. The van der Waals surface area contributed by atoms with E-state index in [0.717, 1.165) is 55.4 Å². The molecule has 0 spiro atoms. The maximum Gasteiger partial charge on any atom is 0.508 e. The second-order valence-corrected chi connectivity index (χ2v) is 34.7. The Bertz CT molecular complexity index is 3530. The Labute approximate surface area is 791 Å². The maximum absolute atomic E-state index is 11.7. The molecular weight excluding hydrogens is 1970 g/mol. The highest BCUT2D eigenvalue weighted by atomic mass is 32.2. The van der Waals surface area contributed by atoms with E-state index in [1.807, 2.05) is 0 Å². The van der Waals surface area contributed by atoms with Crippen molar-refractivity contribution in [1.29, 1.82) is 0 Å². The fraction of sp³-hybridized carbons (Fsp3) is 0.792. The predicted octanol–water partition coefficient (Wildman–Crippen LogP) is -0.303. The maximum atomic E-state index is 11.7. The third-order valence-electron chi connectivity index (χ3n) is 12.9. The first-order chi connectivity index (χ1) is 63.5. The Morgan fingerprint density at radius 1 is 0.263 bits per heavy atom. The lowest BCUT2D eigenvalue weighted by molar-refractivity contribution is -0.229. The minimum atomic E-state index is -4.80. The summed E-state index contributed by atoms with van der Waals surface area (Å²) in [5.74, 6) is -5.51. The third kappa shape index (κ3) is 98.3. The number of alkyl carbamates (subject to hydrolysis) is 6. The summed E-state index contributed by atoms with van der Waals surface area (Å²) in [6.45, 7) is 16.0. The zero-order chi connectivity index (χ0) is 104. The van der Waals surface area contributed by atoms with E-state index >= 15 is 0 Å². The van der Waals surface area contributed by atoms with Crippen LogP contribution < -0.4 is 56.2 Å². The molecule has 0 saturated carbocycles. The van der Waals surface area contributed by atoms with Crippen LogP contribution in [-0.2, 0) is 198 Å². The molecule has 0 fully saturated rings. The van der Waals surface area contributed by atoms with Gasteiger partial charge in [-0.1, -0.05) is 7.43 Å². The Balaban J connectivity index is -0.000000564. The SMILES string of the molecule is C.CC(=O)OC[C@H](COP(=O)([O-])OCCNC(=O)OCCOCCNC(=O)OC(C)C)OC(C)=O.CC(=O)OC[C@H](COP(=O)([O-])OCCNC(=O)OCCOCCNS(=O)(=O)C(C)C)OC(C)=O.CC(=O)OC[C@H](COP(=O)([O-])OCCNC(=O)OCCOCCOC(=O)NC(C)C)OC(C)=O.CC(=O)OC[C@H](COP(=O)([O-])OCCNC(=O)OCCOCCOC(=O)OC(C)C)OC(C)=O. The fourth-order valence-electron chi connectivity index (χ4n) is 7.50. The largest absolute Gasteiger partial charge is 0.756 e. The van der Waals surface area contributed by atoms with Crippen LogP contribution in [-0.4, -0.2) is 358 Å². The predicted molar refractivity (Wildman–Crippen MR) is 453 cm³/mol. The van der Waals surface area contributed by atoms with Crippen molar-refractivity contribution in [3.05, 3.63) is 0 Å². The van der Waals surface area contributed by atoms with E-state index < -0.39 is 241 Å². The number of nitrogens with one attached hydrogen (secondary N) is 7. The van der Waals surface area contributed by atoms with Crippen molar-refractivity contribution in [1.82, 2.24) is 36.6 Å². The Hall–Kier alpha value is -9.16. The third-order valence-corrected chi connectivity index (χ3v) is 18.6. The van der Waals surface area contributed by atoms with E-state index in [1.165, 1.54) is 0 Å². The van der Waals surface area contributed by atoms with Crippen molar-refractivity contribution in [3.8, 4) is 0 Å². The zero-order valence-electron chi connectivity index (χ0n) is 78.1. The molecular formula is C72H131N7O53P4S-4. The second-order valence-electron chi connectivity index (χ2n) is 26.7. The molecule has 0 aliphatic heterocycles. The van der Waals surface area contributed by atoms with Crippen LogP contribution in [0, 0.1) is 0 Å². The first kappa shape index (κ1) is 136. The molecule has 8 atom stereocenters. The summed E-state index contributed by atoms with van der Waals surface area (Å²) in [6.07, 6.45) is -10.4. The number of sulfonamides is 1. The van der Waals surface area contributed by atoms with Crippen LogP contribution in [0.4, 0.5) is 33.6 Å². The molecule has 0 heterocycles. The molecule has 7 N–H and O–H groups in total. The molecule has 0 aromatic heterocycles. The van der Waals surface area contributed by atoms with Crippen molar-refractivity contribution in [2.24, 2.45) is 0 Å². The number of esters is 8. The minimum Gasteiger partial charge on any atom is -0.756 e. The number of carbonyl (C=O) groups is 15. The summed E-state index contributed by atoms with van der Waals surface area (Å²) in [5.41, 5.74) is 0. The lowest BCUT2D eigenvalue weighted by Crippen LogP contribution is -2.33. The number of phosphoric acid groups is 4. The van der Waals surface area contributed by atoms with Gasteiger partial charge in [0.15, 0.2) is 24.4 Å². The van der Waals surface area contributed by atoms with Crippen LogP contribution >= 0.6 is 31.3 Å². The molecule has 4 unspecified atom stereocenters. The van der Waals surface area contributed by atoms with E-state index in [9.17, 15) is 118 Å². The van der Waals surface area contributed by atoms with Gasteiger partial charge in [0, 0.05) is 101 Å². The van der Waals surface area contributed by atoms with Crippen LogP contribution in [0.25, 0.3) is 0 Å². The second kappa shape index (κ2) is 81.7. The Morgan fingerprint density at radius 3 is 0.737 bits per heavy atom. The van der Waals surface area contributed by atoms with Crippen LogP contribution in [0.3, 0.4) is 0 Å². The number of hydrogen-bond donors (Lipinski definition) is 7. The molecule has 65 heteroatoms. The van der Waals surface area contributed by atoms with E-state index in [-0.39, 0.29) is 157 Å². The molecule has 802 valence electrons. The molecule has 0 aromatic rings. The van der Waals surface area contributed by atoms with Gasteiger partial charge in [0.1, 0.15) is 66.1 Å². The monoisotopic (exact) mass is 2100 g/mol. The van der Waals surface area contributed by atoms with E-state index in [1.54, 1.807) is 55.4 Å². The van der Waals surface area contributed by atoms with Gasteiger partial charge in [0.25, 0.3) is 31.3 Å². The number of rotatable bonds is 69. The minimum absolute atomic E-state index is 0. The van der Waals surface area contributed by atoms with Crippen LogP contribution in [0.2, 0.25) is 0 Å². The molecule has 6 amide bonds. The quantitative estimate of drug-likeness (QED) is 0.0178. The van der Waals surface area contributed by atoms with Gasteiger partial charge >= 0.3 is 90.5 Å². The number of hydrogen-bond acceptors (Lipinski definition) is 53. The first-order valence-electron chi connectivity index (χ1n) is 40.7.